The number of sulfonamides is 1. The number of carbonyl (C=O) groups is 1. The van der Waals surface area contributed by atoms with Crippen molar-refractivity contribution in [1.82, 2.24) is 4.31 Å². The Bertz CT molecular complexity index is 588. The molecule has 0 aliphatic carbocycles. The zero-order valence-corrected chi connectivity index (χ0v) is 11.9. The van der Waals surface area contributed by atoms with Crippen LogP contribution in [0, 0.1) is 5.82 Å². The molecule has 1 aromatic rings. The molecule has 106 valence electrons. The Kier molecular flexibility index (Phi) is 4.89. The number of hydrogen-bond acceptors (Lipinski definition) is 3. The summed E-state index contributed by atoms with van der Waals surface area (Å²) >= 11 is 5.54. The lowest BCUT2D eigenvalue weighted by Crippen LogP contribution is -2.40. The molecule has 0 saturated heterocycles. The first-order valence-corrected chi connectivity index (χ1v) is 7.17. The smallest absolute Gasteiger partial charge is 0.318 e. The van der Waals surface area contributed by atoms with Crippen molar-refractivity contribution >= 4 is 27.6 Å². The van der Waals surface area contributed by atoms with Crippen LogP contribution in [0.25, 0.3) is 0 Å². The van der Waals surface area contributed by atoms with E-state index in [1.54, 1.807) is 0 Å². The maximum Gasteiger partial charge on any atom is 0.318 e. The van der Waals surface area contributed by atoms with Crippen molar-refractivity contribution in [1.29, 1.82) is 0 Å². The molecule has 0 amide bonds. The van der Waals surface area contributed by atoms with Crippen LogP contribution in [0.5, 0.6) is 0 Å². The van der Waals surface area contributed by atoms with Crippen LogP contribution in [-0.4, -0.2) is 36.4 Å². The number of halogens is 2. The van der Waals surface area contributed by atoms with Gasteiger partial charge in [-0.05, 0) is 26.0 Å². The third kappa shape index (κ3) is 3.43. The van der Waals surface area contributed by atoms with Gasteiger partial charge in [-0.3, -0.25) is 4.79 Å². The molecule has 0 unspecified atom stereocenters. The number of carboxylic acid groups (broad SMARTS) is 1. The Labute approximate surface area is 115 Å². The highest BCUT2D eigenvalue weighted by molar-refractivity contribution is 7.89. The molecular formula is C11H13ClFNO4S. The van der Waals surface area contributed by atoms with Gasteiger partial charge in [0, 0.05) is 6.04 Å². The lowest BCUT2D eigenvalue weighted by Gasteiger charge is -2.24. The fraction of sp³-hybridized carbons (Fsp3) is 0.364. The summed E-state index contributed by atoms with van der Waals surface area (Å²) in [6, 6.07) is 2.93. The molecule has 0 fully saturated rings. The van der Waals surface area contributed by atoms with Gasteiger partial charge in [0.1, 0.15) is 11.4 Å². The number of nitrogens with zero attached hydrogens (tertiary/aromatic N) is 1. The monoisotopic (exact) mass is 309 g/mol. The maximum atomic E-state index is 13.8. The third-order valence-electron chi connectivity index (χ3n) is 2.37. The molecule has 1 N–H and O–H groups in total. The van der Waals surface area contributed by atoms with Gasteiger partial charge >= 0.3 is 5.97 Å². The van der Waals surface area contributed by atoms with Crippen LogP contribution in [-0.2, 0) is 14.8 Å². The molecule has 0 bridgehead atoms. The number of hydrogen-bond donors (Lipinski definition) is 1. The summed E-state index contributed by atoms with van der Waals surface area (Å²) in [4.78, 5) is 10.1. The molecule has 19 heavy (non-hydrogen) atoms. The zero-order valence-electron chi connectivity index (χ0n) is 10.3. The minimum Gasteiger partial charge on any atom is -0.480 e. The van der Waals surface area contributed by atoms with Crippen LogP contribution in [0.4, 0.5) is 4.39 Å². The van der Waals surface area contributed by atoms with Crippen molar-refractivity contribution in [2.45, 2.75) is 24.8 Å². The molecule has 0 radical (unpaired) electrons. The van der Waals surface area contributed by atoms with E-state index in [-0.39, 0.29) is 5.02 Å². The first-order valence-electron chi connectivity index (χ1n) is 5.35. The first kappa shape index (κ1) is 15.9. The molecular weight excluding hydrogens is 297 g/mol. The Morgan fingerprint density at radius 2 is 2.05 bits per heavy atom. The van der Waals surface area contributed by atoms with E-state index in [9.17, 15) is 17.6 Å². The van der Waals surface area contributed by atoms with Crippen molar-refractivity contribution in [2.75, 3.05) is 6.54 Å². The summed E-state index contributed by atoms with van der Waals surface area (Å²) in [6.45, 7) is 2.26. The van der Waals surface area contributed by atoms with E-state index in [1.165, 1.54) is 26.0 Å². The predicted molar refractivity (Wildman–Crippen MR) is 68.1 cm³/mol. The highest BCUT2D eigenvalue weighted by Crippen LogP contribution is 2.25. The fourth-order valence-electron chi connectivity index (χ4n) is 1.49. The maximum absolute atomic E-state index is 13.8. The van der Waals surface area contributed by atoms with Crippen molar-refractivity contribution in [3.8, 4) is 0 Å². The summed E-state index contributed by atoms with van der Waals surface area (Å²) in [6.07, 6.45) is 0. The van der Waals surface area contributed by atoms with E-state index in [0.29, 0.717) is 4.31 Å². The number of rotatable bonds is 5. The van der Waals surface area contributed by atoms with Crippen molar-refractivity contribution < 1.29 is 22.7 Å². The molecule has 0 aromatic heterocycles. The number of benzene rings is 1. The number of aliphatic carboxylic acids is 1. The van der Waals surface area contributed by atoms with E-state index in [0.717, 1.165) is 6.07 Å². The Morgan fingerprint density at radius 3 is 2.53 bits per heavy atom. The average molecular weight is 310 g/mol. The van der Waals surface area contributed by atoms with Crippen LogP contribution >= 0.6 is 11.6 Å². The van der Waals surface area contributed by atoms with Gasteiger partial charge in [0.15, 0.2) is 5.82 Å². The third-order valence-corrected chi connectivity index (χ3v) is 4.70. The van der Waals surface area contributed by atoms with Gasteiger partial charge in [-0.1, -0.05) is 17.7 Å². The molecule has 1 aromatic carbocycles. The lowest BCUT2D eigenvalue weighted by atomic mass is 10.3. The molecule has 0 spiro atoms. The first-order chi connectivity index (χ1) is 8.67. The molecule has 0 atom stereocenters. The van der Waals surface area contributed by atoms with Crippen LogP contribution in [0.2, 0.25) is 5.02 Å². The zero-order chi connectivity index (χ0) is 14.8. The van der Waals surface area contributed by atoms with E-state index < -0.39 is 39.3 Å². The van der Waals surface area contributed by atoms with Crippen molar-refractivity contribution in [3.63, 3.8) is 0 Å². The summed E-state index contributed by atoms with van der Waals surface area (Å²) in [7, 11) is -4.26. The SMILES string of the molecule is CC(C)N(CC(=O)O)S(=O)(=O)c1cccc(Cl)c1F. The van der Waals surface area contributed by atoms with Gasteiger partial charge < -0.3 is 5.11 Å². The summed E-state index contributed by atoms with van der Waals surface area (Å²) in [5.74, 6) is -2.40. The van der Waals surface area contributed by atoms with Crippen molar-refractivity contribution in [3.05, 3.63) is 29.0 Å². The summed E-state index contributed by atoms with van der Waals surface area (Å²) < 4.78 is 39.0. The van der Waals surface area contributed by atoms with E-state index in [1.807, 2.05) is 0 Å². The highest BCUT2D eigenvalue weighted by Gasteiger charge is 2.31. The molecule has 0 heterocycles. The van der Waals surface area contributed by atoms with Gasteiger partial charge in [-0.2, -0.15) is 4.31 Å². The molecule has 0 saturated carbocycles. The summed E-state index contributed by atoms with van der Waals surface area (Å²) in [5, 5.41) is 8.41. The van der Waals surface area contributed by atoms with E-state index in [4.69, 9.17) is 16.7 Å². The van der Waals surface area contributed by atoms with Crippen LogP contribution in [0.3, 0.4) is 0 Å². The quantitative estimate of drug-likeness (QED) is 0.902. The second-order valence-electron chi connectivity index (χ2n) is 4.09. The predicted octanol–water partition coefficient (Wildman–Crippen LogP) is 1.96. The van der Waals surface area contributed by atoms with Gasteiger partial charge in [-0.25, -0.2) is 12.8 Å². The topological polar surface area (TPSA) is 74.7 Å². The van der Waals surface area contributed by atoms with Crippen LogP contribution in [0.1, 0.15) is 13.8 Å². The second kappa shape index (κ2) is 5.85. The summed E-state index contributed by atoms with van der Waals surface area (Å²) in [5.41, 5.74) is 0. The Hall–Kier alpha value is -1.18. The van der Waals surface area contributed by atoms with Gasteiger partial charge in [0.2, 0.25) is 10.0 Å². The highest BCUT2D eigenvalue weighted by atomic mass is 35.5. The standard InChI is InChI=1S/C11H13ClFNO4S/c1-7(2)14(6-10(15)16)19(17,18)9-5-3-4-8(12)11(9)13/h3-5,7H,6H2,1-2H3,(H,15,16). The molecule has 0 aliphatic rings. The largest absolute Gasteiger partial charge is 0.480 e. The molecule has 8 heteroatoms. The fourth-order valence-corrected chi connectivity index (χ4v) is 3.39. The molecule has 0 aliphatic heterocycles. The Morgan fingerprint density at radius 1 is 1.47 bits per heavy atom. The van der Waals surface area contributed by atoms with Gasteiger partial charge in [0.25, 0.3) is 0 Å². The minimum atomic E-state index is -4.26. The second-order valence-corrected chi connectivity index (χ2v) is 6.36. The van der Waals surface area contributed by atoms with Gasteiger partial charge in [-0.15, -0.1) is 0 Å². The van der Waals surface area contributed by atoms with Crippen LogP contribution in [0.15, 0.2) is 23.1 Å². The molecule has 1 rings (SSSR count). The minimum absolute atomic E-state index is 0.333. The van der Waals surface area contributed by atoms with Gasteiger partial charge in [0.05, 0.1) is 5.02 Å². The number of carboxylic acids is 1. The average Bonchev–Trinajstić information content (AvgIpc) is 2.28. The van der Waals surface area contributed by atoms with E-state index in [2.05, 4.69) is 0 Å². The normalized spacial score (nSPS) is 12.1. The Balaban J connectivity index is 3.35. The van der Waals surface area contributed by atoms with Crippen LogP contribution < -0.4 is 0 Å². The van der Waals surface area contributed by atoms with Crippen molar-refractivity contribution in [2.24, 2.45) is 0 Å². The van der Waals surface area contributed by atoms with E-state index >= 15 is 0 Å². The molecule has 5 nitrogen and oxygen atoms in total. The lowest BCUT2D eigenvalue weighted by molar-refractivity contribution is -0.137.